The number of benzene rings is 2. The molecule has 0 radical (unpaired) electrons. The molecule has 0 atom stereocenters. The van der Waals surface area contributed by atoms with E-state index in [1.54, 1.807) is 53.4 Å². The summed E-state index contributed by atoms with van der Waals surface area (Å²) in [6.45, 7) is 2.53. The molecular formula is C23H20F2N2O2. The van der Waals surface area contributed by atoms with Crippen LogP contribution in [0, 0.1) is 11.6 Å². The molecule has 2 aromatic carbocycles. The highest BCUT2D eigenvalue weighted by molar-refractivity contribution is 5.91. The Bertz CT molecular complexity index is 1020. The van der Waals surface area contributed by atoms with Gasteiger partial charge in [0, 0.05) is 37.9 Å². The summed E-state index contributed by atoms with van der Waals surface area (Å²) < 4.78 is 32.5. The Kier molecular flexibility index (Phi) is 5.42. The summed E-state index contributed by atoms with van der Waals surface area (Å²) in [5, 5.41) is 0. The van der Waals surface area contributed by atoms with Crippen LogP contribution in [0.3, 0.4) is 0 Å². The van der Waals surface area contributed by atoms with Crippen LogP contribution in [-0.2, 0) is 4.79 Å². The van der Waals surface area contributed by atoms with Gasteiger partial charge in [0.15, 0.2) is 0 Å². The van der Waals surface area contributed by atoms with Gasteiger partial charge < -0.3 is 14.2 Å². The fourth-order valence-electron chi connectivity index (χ4n) is 3.34. The second kappa shape index (κ2) is 8.31. The highest BCUT2D eigenvalue weighted by Gasteiger charge is 2.20. The van der Waals surface area contributed by atoms with Gasteiger partial charge in [-0.3, -0.25) is 4.79 Å². The first kappa shape index (κ1) is 18.9. The van der Waals surface area contributed by atoms with E-state index in [0.717, 1.165) is 5.69 Å². The van der Waals surface area contributed by atoms with E-state index in [1.165, 1.54) is 24.3 Å². The summed E-state index contributed by atoms with van der Waals surface area (Å²) in [7, 11) is 0. The minimum atomic E-state index is -0.354. The summed E-state index contributed by atoms with van der Waals surface area (Å²) in [5.74, 6) is 0.188. The van der Waals surface area contributed by atoms with Crippen LogP contribution in [0.25, 0.3) is 17.4 Å². The fraction of sp³-hybridized carbons (Fsp3) is 0.174. The molecule has 4 nitrogen and oxygen atoms in total. The van der Waals surface area contributed by atoms with Crippen molar-refractivity contribution in [2.24, 2.45) is 0 Å². The largest absolute Gasteiger partial charge is 0.457 e. The molecule has 4 rings (SSSR count). The van der Waals surface area contributed by atoms with E-state index in [4.69, 9.17) is 4.42 Å². The maximum Gasteiger partial charge on any atom is 0.246 e. The van der Waals surface area contributed by atoms with Gasteiger partial charge in [0.25, 0.3) is 0 Å². The third kappa shape index (κ3) is 4.37. The van der Waals surface area contributed by atoms with Crippen LogP contribution >= 0.6 is 0 Å². The highest BCUT2D eigenvalue weighted by atomic mass is 19.1. The molecule has 0 bridgehead atoms. The van der Waals surface area contributed by atoms with Gasteiger partial charge >= 0.3 is 0 Å². The molecule has 0 saturated carbocycles. The Labute approximate surface area is 167 Å². The molecule has 1 fully saturated rings. The molecular weight excluding hydrogens is 374 g/mol. The van der Waals surface area contributed by atoms with Crippen molar-refractivity contribution in [3.05, 3.63) is 84.1 Å². The first-order valence-corrected chi connectivity index (χ1v) is 9.42. The van der Waals surface area contributed by atoms with Crippen molar-refractivity contribution in [1.82, 2.24) is 4.90 Å². The van der Waals surface area contributed by atoms with Crippen molar-refractivity contribution in [3.8, 4) is 11.3 Å². The van der Waals surface area contributed by atoms with Crippen LogP contribution in [0.2, 0.25) is 0 Å². The standard InChI is InChI=1S/C23H20F2N2O2/c24-17-5-7-18(8-6-17)26-13-15-27(16-14-26)23(28)12-10-19-9-11-22(29-19)20-3-1-2-4-21(20)25/h1-12H,13-16H2/b12-10+. The quantitative estimate of drug-likeness (QED) is 0.608. The minimum Gasteiger partial charge on any atom is -0.457 e. The van der Waals surface area contributed by atoms with Crippen molar-refractivity contribution in [2.75, 3.05) is 31.1 Å². The molecule has 1 amide bonds. The van der Waals surface area contributed by atoms with Gasteiger partial charge in [-0.1, -0.05) is 12.1 Å². The number of anilines is 1. The summed E-state index contributed by atoms with van der Waals surface area (Å²) in [6.07, 6.45) is 3.07. The van der Waals surface area contributed by atoms with Crippen LogP contribution in [0.1, 0.15) is 5.76 Å². The monoisotopic (exact) mass is 394 g/mol. The second-order valence-corrected chi connectivity index (χ2v) is 6.80. The Morgan fingerprint density at radius 1 is 0.897 bits per heavy atom. The topological polar surface area (TPSA) is 36.7 Å². The first-order chi connectivity index (χ1) is 14.1. The third-order valence-corrected chi connectivity index (χ3v) is 4.94. The average molecular weight is 394 g/mol. The van der Waals surface area contributed by atoms with Gasteiger partial charge in [-0.05, 0) is 54.6 Å². The summed E-state index contributed by atoms with van der Waals surface area (Å²) in [4.78, 5) is 16.3. The fourth-order valence-corrected chi connectivity index (χ4v) is 3.34. The van der Waals surface area contributed by atoms with Crippen molar-refractivity contribution in [2.45, 2.75) is 0 Å². The Morgan fingerprint density at radius 2 is 1.62 bits per heavy atom. The molecule has 0 spiro atoms. The maximum atomic E-state index is 13.9. The smallest absolute Gasteiger partial charge is 0.246 e. The molecule has 0 aliphatic carbocycles. The minimum absolute atomic E-state index is 0.104. The average Bonchev–Trinajstić information content (AvgIpc) is 3.22. The van der Waals surface area contributed by atoms with E-state index < -0.39 is 0 Å². The number of hydrogen-bond donors (Lipinski definition) is 0. The number of amides is 1. The summed E-state index contributed by atoms with van der Waals surface area (Å²) in [6, 6.07) is 16.2. The van der Waals surface area contributed by atoms with Crippen molar-refractivity contribution in [1.29, 1.82) is 0 Å². The Balaban J connectivity index is 1.35. The third-order valence-electron chi connectivity index (χ3n) is 4.94. The van der Waals surface area contributed by atoms with Crippen LogP contribution in [0.5, 0.6) is 0 Å². The first-order valence-electron chi connectivity index (χ1n) is 9.42. The molecule has 1 aliphatic rings. The lowest BCUT2D eigenvalue weighted by atomic mass is 10.1. The predicted molar refractivity (Wildman–Crippen MR) is 108 cm³/mol. The Hall–Kier alpha value is -3.41. The number of hydrogen-bond acceptors (Lipinski definition) is 3. The number of carbonyl (C=O) groups excluding carboxylic acids is 1. The van der Waals surface area contributed by atoms with E-state index >= 15 is 0 Å². The van der Waals surface area contributed by atoms with Crippen LogP contribution < -0.4 is 4.90 Å². The van der Waals surface area contributed by atoms with Crippen LogP contribution in [0.4, 0.5) is 14.5 Å². The predicted octanol–water partition coefficient (Wildman–Crippen LogP) is 4.59. The molecule has 148 valence electrons. The Morgan fingerprint density at radius 3 is 2.34 bits per heavy atom. The van der Waals surface area contributed by atoms with Crippen molar-refractivity contribution in [3.63, 3.8) is 0 Å². The zero-order valence-electron chi connectivity index (χ0n) is 15.7. The molecule has 3 aromatic rings. The second-order valence-electron chi connectivity index (χ2n) is 6.80. The zero-order chi connectivity index (χ0) is 20.2. The van der Waals surface area contributed by atoms with Gasteiger partial charge in [0.2, 0.25) is 5.91 Å². The van der Waals surface area contributed by atoms with Crippen LogP contribution in [-0.4, -0.2) is 37.0 Å². The number of nitrogens with zero attached hydrogens (tertiary/aromatic N) is 2. The molecule has 2 heterocycles. The highest BCUT2D eigenvalue weighted by Crippen LogP contribution is 2.25. The van der Waals surface area contributed by atoms with E-state index in [9.17, 15) is 13.6 Å². The van der Waals surface area contributed by atoms with Gasteiger partial charge in [0.1, 0.15) is 23.2 Å². The van der Waals surface area contributed by atoms with Gasteiger partial charge in [-0.15, -0.1) is 0 Å². The van der Waals surface area contributed by atoms with Gasteiger partial charge in [-0.2, -0.15) is 0 Å². The molecule has 1 saturated heterocycles. The molecule has 0 unspecified atom stereocenters. The maximum absolute atomic E-state index is 13.9. The number of furan rings is 1. The summed E-state index contributed by atoms with van der Waals surface area (Å²) >= 11 is 0. The van der Waals surface area contributed by atoms with Crippen LogP contribution in [0.15, 0.2) is 71.2 Å². The number of halogens is 2. The van der Waals surface area contributed by atoms with Gasteiger partial charge in [0.05, 0.1) is 5.56 Å². The lowest BCUT2D eigenvalue weighted by Gasteiger charge is -2.35. The summed E-state index contributed by atoms with van der Waals surface area (Å²) in [5.41, 5.74) is 1.33. The molecule has 0 N–H and O–H groups in total. The van der Waals surface area contributed by atoms with Gasteiger partial charge in [-0.25, -0.2) is 8.78 Å². The lowest BCUT2D eigenvalue weighted by molar-refractivity contribution is -0.126. The van der Waals surface area contributed by atoms with Crippen molar-refractivity contribution < 1.29 is 18.0 Å². The number of piperazine rings is 1. The molecule has 1 aliphatic heterocycles. The lowest BCUT2D eigenvalue weighted by Crippen LogP contribution is -2.48. The van der Waals surface area contributed by atoms with E-state index in [0.29, 0.717) is 43.3 Å². The normalized spacial score (nSPS) is 14.6. The van der Waals surface area contributed by atoms with Crippen molar-refractivity contribution >= 4 is 17.7 Å². The molecule has 6 heteroatoms. The molecule has 1 aromatic heterocycles. The van der Waals surface area contributed by atoms with E-state index in [-0.39, 0.29) is 17.5 Å². The zero-order valence-corrected chi connectivity index (χ0v) is 15.7. The van der Waals surface area contributed by atoms with E-state index in [1.807, 2.05) is 0 Å². The van der Waals surface area contributed by atoms with E-state index in [2.05, 4.69) is 4.90 Å². The SMILES string of the molecule is O=C(/C=C/c1ccc(-c2ccccc2F)o1)N1CCN(c2ccc(F)cc2)CC1. The molecule has 29 heavy (non-hydrogen) atoms. The number of carbonyl (C=O) groups is 1. The number of rotatable bonds is 4.